The van der Waals surface area contributed by atoms with E-state index in [0.717, 1.165) is 0 Å². The zero-order chi connectivity index (χ0) is 12.4. The SMILES string of the molecule is COc1cc([N+](=O)[O-])c2cnccc2c1OC. The fourth-order valence-corrected chi connectivity index (χ4v) is 1.71. The van der Waals surface area contributed by atoms with Gasteiger partial charge >= 0.3 is 0 Å². The van der Waals surface area contributed by atoms with Crippen LogP contribution in [0.5, 0.6) is 11.5 Å². The lowest BCUT2D eigenvalue weighted by atomic mass is 10.1. The molecule has 0 aliphatic heterocycles. The van der Waals surface area contributed by atoms with Crippen LogP contribution >= 0.6 is 0 Å². The van der Waals surface area contributed by atoms with Crippen molar-refractivity contribution < 1.29 is 14.4 Å². The minimum Gasteiger partial charge on any atom is -0.493 e. The zero-order valence-corrected chi connectivity index (χ0v) is 9.34. The van der Waals surface area contributed by atoms with Crippen molar-refractivity contribution in [2.75, 3.05) is 14.2 Å². The van der Waals surface area contributed by atoms with E-state index in [1.807, 2.05) is 0 Å². The summed E-state index contributed by atoms with van der Waals surface area (Å²) in [7, 11) is 2.93. The zero-order valence-electron chi connectivity index (χ0n) is 9.34. The van der Waals surface area contributed by atoms with Crippen molar-refractivity contribution in [1.29, 1.82) is 0 Å². The van der Waals surface area contributed by atoms with E-state index in [1.165, 1.54) is 26.5 Å². The van der Waals surface area contributed by atoms with Crippen LogP contribution in [0.4, 0.5) is 5.69 Å². The third-order valence-corrected chi connectivity index (χ3v) is 2.45. The molecule has 17 heavy (non-hydrogen) atoms. The molecule has 0 amide bonds. The van der Waals surface area contributed by atoms with Crippen LogP contribution in [0.25, 0.3) is 10.8 Å². The number of hydrogen-bond acceptors (Lipinski definition) is 5. The maximum Gasteiger partial charge on any atom is 0.282 e. The van der Waals surface area contributed by atoms with Crippen LogP contribution in [0, 0.1) is 10.1 Å². The highest BCUT2D eigenvalue weighted by Crippen LogP contribution is 2.40. The minimum absolute atomic E-state index is 0.0502. The van der Waals surface area contributed by atoms with Gasteiger partial charge in [-0.25, -0.2) is 0 Å². The van der Waals surface area contributed by atoms with Crippen LogP contribution < -0.4 is 9.47 Å². The highest BCUT2D eigenvalue weighted by Gasteiger charge is 2.19. The second-order valence-corrected chi connectivity index (χ2v) is 3.31. The lowest BCUT2D eigenvalue weighted by Gasteiger charge is -2.10. The lowest BCUT2D eigenvalue weighted by Crippen LogP contribution is -1.96. The van der Waals surface area contributed by atoms with Gasteiger partial charge in [0.2, 0.25) is 0 Å². The van der Waals surface area contributed by atoms with Gasteiger partial charge in [0.15, 0.2) is 11.5 Å². The number of methoxy groups -OCH3 is 2. The van der Waals surface area contributed by atoms with Gasteiger partial charge in [-0.1, -0.05) is 0 Å². The Balaban J connectivity index is 2.89. The predicted octanol–water partition coefficient (Wildman–Crippen LogP) is 2.16. The Morgan fingerprint density at radius 2 is 2.06 bits per heavy atom. The maximum absolute atomic E-state index is 11.0. The topological polar surface area (TPSA) is 74.5 Å². The molecule has 0 aliphatic rings. The van der Waals surface area contributed by atoms with Crippen molar-refractivity contribution in [3.05, 3.63) is 34.6 Å². The second-order valence-electron chi connectivity index (χ2n) is 3.31. The Kier molecular flexibility index (Phi) is 2.78. The molecule has 0 fully saturated rings. The van der Waals surface area contributed by atoms with Gasteiger partial charge in [-0.05, 0) is 6.07 Å². The van der Waals surface area contributed by atoms with E-state index in [2.05, 4.69) is 4.98 Å². The molecule has 0 bridgehead atoms. The second kappa shape index (κ2) is 4.25. The van der Waals surface area contributed by atoms with Crippen molar-refractivity contribution in [3.8, 4) is 11.5 Å². The van der Waals surface area contributed by atoms with E-state index in [9.17, 15) is 10.1 Å². The number of nitro benzene ring substituents is 1. The number of nitrogens with zero attached hydrogens (tertiary/aromatic N) is 2. The molecule has 1 aromatic carbocycles. The number of nitro groups is 1. The smallest absolute Gasteiger partial charge is 0.282 e. The van der Waals surface area contributed by atoms with E-state index in [-0.39, 0.29) is 5.69 Å². The number of rotatable bonds is 3. The Morgan fingerprint density at radius 3 is 2.65 bits per heavy atom. The summed E-state index contributed by atoms with van der Waals surface area (Å²) < 4.78 is 10.3. The minimum atomic E-state index is -0.466. The summed E-state index contributed by atoms with van der Waals surface area (Å²) in [6.07, 6.45) is 2.99. The number of fused-ring (bicyclic) bond motifs is 1. The third-order valence-electron chi connectivity index (χ3n) is 2.45. The van der Waals surface area contributed by atoms with Crippen molar-refractivity contribution in [2.45, 2.75) is 0 Å². The van der Waals surface area contributed by atoms with Crippen molar-refractivity contribution in [3.63, 3.8) is 0 Å². The molecule has 0 saturated heterocycles. The fraction of sp³-hybridized carbons (Fsp3) is 0.182. The highest BCUT2D eigenvalue weighted by atomic mass is 16.6. The molecule has 2 aromatic rings. The molecular weight excluding hydrogens is 224 g/mol. The van der Waals surface area contributed by atoms with Gasteiger partial charge in [0, 0.05) is 17.8 Å². The van der Waals surface area contributed by atoms with Crippen LogP contribution in [0.15, 0.2) is 24.5 Å². The highest BCUT2D eigenvalue weighted by molar-refractivity contribution is 5.97. The fourth-order valence-electron chi connectivity index (χ4n) is 1.71. The summed E-state index contributed by atoms with van der Waals surface area (Å²) in [5.41, 5.74) is -0.0502. The number of benzene rings is 1. The number of non-ortho nitro benzene ring substituents is 1. The molecule has 2 rings (SSSR count). The molecule has 0 unspecified atom stereocenters. The van der Waals surface area contributed by atoms with Gasteiger partial charge in [-0.15, -0.1) is 0 Å². The van der Waals surface area contributed by atoms with E-state index < -0.39 is 4.92 Å². The normalized spacial score (nSPS) is 10.2. The third kappa shape index (κ3) is 1.73. The van der Waals surface area contributed by atoms with E-state index >= 15 is 0 Å². The Bertz CT molecular complexity index is 583. The summed E-state index contributed by atoms with van der Waals surface area (Å²) in [5, 5.41) is 12.0. The molecule has 1 heterocycles. The first kappa shape index (κ1) is 11.1. The number of hydrogen-bond donors (Lipinski definition) is 0. The van der Waals surface area contributed by atoms with Crippen LogP contribution in [0.2, 0.25) is 0 Å². The Labute approximate surface area is 96.9 Å². The van der Waals surface area contributed by atoms with Gasteiger partial charge < -0.3 is 9.47 Å². The summed E-state index contributed by atoms with van der Waals surface area (Å²) in [4.78, 5) is 14.4. The van der Waals surface area contributed by atoms with Crippen LogP contribution in [0.3, 0.4) is 0 Å². The summed E-state index contributed by atoms with van der Waals surface area (Å²) >= 11 is 0. The monoisotopic (exact) mass is 234 g/mol. The Hall–Kier alpha value is -2.37. The number of ether oxygens (including phenoxy) is 2. The first-order chi connectivity index (χ1) is 8.19. The molecule has 88 valence electrons. The quantitative estimate of drug-likeness (QED) is 0.600. The van der Waals surface area contributed by atoms with Gasteiger partial charge in [0.1, 0.15) is 0 Å². The molecule has 0 spiro atoms. The molecule has 0 atom stereocenters. The summed E-state index contributed by atoms with van der Waals surface area (Å²) in [5.74, 6) is 0.799. The first-order valence-corrected chi connectivity index (χ1v) is 4.82. The lowest BCUT2D eigenvalue weighted by molar-refractivity contribution is -0.383. The van der Waals surface area contributed by atoms with Gasteiger partial charge in [-0.2, -0.15) is 0 Å². The van der Waals surface area contributed by atoms with Gasteiger partial charge in [-0.3, -0.25) is 15.1 Å². The number of aromatic nitrogens is 1. The number of pyridine rings is 1. The molecule has 1 aromatic heterocycles. The molecule has 0 radical (unpaired) electrons. The van der Waals surface area contributed by atoms with Gasteiger partial charge in [0.25, 0.3) is 5.69 Å². The molecule has 0 aliphatic carbocycles. The predicted molar refractivity (Wildman–Crippen MR) is 61.5 cm³/mol. The molecule has 0 saturated carbocycles. The van der Waals surface area contributed by atoms with Crippen molar-refractivity contribution >= 4 is 16.5 Å². The van der Waals surface area contributed by atoms with Crippen molar-refractivity contribution in [2.24, 2.45) is 0 Å². The maximum atomic E-state index is 11.0. The molecule has 0 N–H and O–H groups in total. The average molecular weight is 234 g/mol. The Morgan fingerprint density at radius 1 is 1.29 bits per heavy atom. The standard InChI is InChI=1S/C11H10N2O4/c1-16-10-5-9(13(14)15)8-6-12-4-3-7(8)11(10)17-2/h3-6H,1-2H3. The summed E-state index contributed by atoms with van der Waals surface area (Å²) in [6, 6.07) is 2.99. The first-order valence-electron chi connectivity index (χ1n) is 4.82. The largest absolute Gasteiger partial charge is 0.493 e. The molecule has 6 nitrogen and oxygen atoms in total. The van der Waals surface area contributed by atoms with E-state index in [4.69, 9.17) is 9.47 Å². The van der Waals surface area contributed by atoms with E-state index in [1.54, 1.807) is 12.3 Å². The molecular formula is C11H10N2O4. The van der Waals surface area contributed by atoms with Crippen LogP contribution in [-0.4, -0.2) is 24.1 Å². The van der Waals surface area contributed by atoms with Crippen molar-refractivity contribution in [1.82, 2.24) is 4.98 Å². The summed E-state index contributed by atoms with van der Waals surface area (Å²) in [6.45, 7) is 0. The average Bonchev–Trinajstić information content (AvgIpc) is 2.36. The van der Waals surface area contributed by atoms with E-state index in [0.29, 0.717) is 22.3 Å². The van der Waals surface area contributed by atoms with Crippen LogP contribution in [0.1, 0.15) is 0 Å². The molecule has 6 heteroatoms. The van der Waals surface area contributed by atoms with Crippen LogP contribution in [-0.2, 0) is 0 Å². The van der Waals surface area contributed by atoms with Gasteiger partial charge in [0.05, 0.1) is 30.6 Å².